The Balaban J connectivity index is 1.88. The van der Waals surface area contributed by atoms with E-state index in [1.54, 1.807) is 29.0 Å². The lowest BCUT2D eigenvalue weighted by Crippen LogP contribution is -2.08. The van der Waals surface area contributed by atoms with Crippen LogP contribution in [-0.4, -0.2) is 26.6 Å². The lowest BCUT2D eigenvalue weighted by molar-refractivity contribution is -0.385. The highest BCUT2D eigenvalue weighted by atomic mass is 19.1. The number of methoxy groups -OCH3 is 1. The summed E-state index contributed by atoms with van der Waals surface area (Å²) in [5.74, 6) is -0.749. The van der Waals surface area contributed by atoms with Crippen molar-refractivity contribution in [3.63, 3.8) is 0 Å². The van der Waals surface area contributed by atoms with E-state index in [0.717, 1.165) is 11.8 Å². The Kier molecular flexibility index (Phi) is 3.75. The van der Waals surface area contributed by atoms with Gasteiger partial charge in [-0.2, -0.15) is 5.10 Å². The second kappa shape index (κ2) is 5.87. The third-order valence-corrected chi connectivity index (χ3v) is 3.29. The number of rotatable bonds is 5. The first-order valence-electron chi connectivity index (χ1n) is 6.63. The number of hydrogen-bond acceptors (Lipinski definition) is 6. The number of anilines is 1. The van der Waals surface area contributed by atoms with Crippen LogP contribution in [0.3, 0.4) is 0 Å². The van der Waals surface area contributed by atoms with Gasteiger partial charge in [0.1, 0.15) is 0 Å². The summed E-state index contributed by atoms with van der Waals surface area (Å²) in [6.45, 7) is 0.262. The summed E-state index contributed by atoms with van der Waals surface area (Å²) in [5.41, 5.74) is 1.11. The van der Waals surface area contributed by atoms with E-state index < -0.39 is 16.4 Å². The fraction of sp³-hybridized carbons (Fsp3) is 0.143. The Morgan fingerprint density at radius 3 is 2.96 bits per heavy atom. The molecule has 2 aromatic heterocycles. The Hall–Kier alpha value is -3.23. The number of nitro groups is 1. The van der Waals surface area contributed by atoms with E-state index in [-0.39, 0.29) is 18.0 Å². The highest BCUT2D eigenvalue weighted by Crippen LogP contribution is 2.32. The van der Waals surface area contributed by atoms with Crippen molar-refractivity contribution in [2.75, 3.05) is 12.4 Å². The van der Waals surface area contributed by atoms with Gasteiger partial charge in [-0.15, -0.1) is 0 Å². The van der Waals surface area contributed by atoms with Gasteiger partial charge in [-0.05, 0) is 6.07 Å². The van der Waals surface area contributed by atoms with Crippen molar-refractivity contribution in [3.8, 4) is 5.75 Å². The van der Waals surface area contributed by atoms with Crippen LogP contribution in [0.15, 0.2) is 36.7 Å². The number of ether oxygens (including phenoxy) is 1. The Morgan fingerprint density at radius 1 is 1.39 bits per heavy atom. The third kappa shape index (κ3) is 2.76. The van der Waals surface area contributed by atoms with Gasteiger partial charge in [0.25, 0.3) is 0 Å². The maximum Gasteiger partial charge on any atom is 0.313 e. The van der Waals surface area contributed by atoms with Gasteiger partial charge in [0.15, 0.2) is 17.2 Å². The molecule has 0 atom stereocenters. The molecule has 0 aliphatic heterocycles. The molecule has 1 N–H and O–H groups in total. The zero-order chi connectivity index (χ0) is 16.4. The fourth-order valence-corrected chi connectivity index (χ4v) is 2.19. The number of aromatic nitrogens is 3. The molecular formula is C14H12FN5O3. The summed E-state index contributed by atoms with van der Waals surface area (Å²) in [5, 5.41) is 17.9. The van der Waals surface area contributed by atoms with Crippen molar-refractivity contribution in [1.29, 1.82) is 0 Å². The van der Waals surface area contributed by atoms with E-state index in [0.29, 0.717) is 5.65 Å². The zero-order valence-electron chi connectivity index (χ0n) is 12.1. The predicted molar refractivity (Wildman–Crippen MR) is 79.9 cm³/mol. The maximum atomic E-state index is 14.0. The molecule has 0 saturated carbocycles. The average molecular weight is 317 g/mol. The second-order valence-electron chi connectivity index (χ2n) is 4.65. The molecule has 0 bridgehead atoms. The molecule has 0 amide bonds. The van der Waals surface area contributed by atoms with Gasteiger partial charge in [0.05, 0.1) is 42.2 Å². The highest BCUT2D eigenvalue weighted by molar-refractivity contribution is 5.59. The van der Waals surface area contributed by atoms with Crippen molar-refractivity contribution >= 4 is 17.0 Å². The molecule has 0 spiro atoms. The first-order chi connectivity index (χ1) is 11.1. The van der Waals surface area contributed by atoms with E-state index in [1.165, 1.54) is 13.2 Å². The van der Waals surface area contributed by atoms with Gasteiger partial charge >= 0.3 is 5.69 Å². The molecule has 0 aliphatic carbocycles. The minimum atomic E-state index is -0.733. The number of fused-ring (bicyclic) bond motifs is 1. The minimum absolute atomic E-state index is 0.0159. The van der Waals surface area contributed by atoms with Gasteiger partial charge in [0, 0.05) is 18.3 Å². The number of nitrogens with one attached hydrogen (secondary N) is 1. The Morgan fingerprint density at radius 2 is 2.22 bits per heavy atom. The van der Waals surface area contributed by atoms with Crippen LogP contribution in [0.4, 0.5) is 15.8 Å². The molecule has 8 nitrogen and oxygen atoms in total. The lowest BCUT2D eigenvalue weighted by Gasteiger charge is -2.10. The highest BCUT2D eigenvalue weighted by Gasteiger charge is 2.19. The van der Waals surface area contributed by atoms with Gasteiger partial charge in [-0.1, -0.05) is 0 Å². The number of halogens is 1. The largest absolute Gasteiger partial charge is 0.490 e. The van der Waals surface area contributed by atoms with Crippen LogP contribution in [0.5, 0.6) is 5.75 Å². The van der Waals surface area contributed by atoms with Crippen LogP contribution in [0.2, 0.25) is 0 Å². The predicted octanol–water partition coefficient (Wildman–Crippen LogP) is 2.40. The monoisotopic (exact) mass is 317 g/mol. The van der Waals surface area contributed by atoms with Gasteiger partial charge in [-0.25, -0.2) is 13.9 Å². The number of nitrogens with zero attached hydrogens (tertiary/aromatic N) is 4. The van der Waals surface area contributed by atoms with E-state index >= 15 is 0 Å². The summed E-state index contributed by atoms with van der Waals surface area (Å²) >= 11 is 0. The van der Waals surface area contributed by atoms with Crippen LogP contribution in [0, 0.1) is 15.9 Å². The molecule has 1 aromatic carbocycles. The van der Waals surface area contributed by atoms with Crippen LogP contribution in [-0.2, 0) is 6.54 Å². The van der Waals surface area contributed by atoms with E-state index in [4.69, 9.17) is 4.74 Å². The van der Waals surface area contributed by atoms with E-state index in [9.17, 15) is 14.5 Å². The van der Waals surface area contributed by atoms with Crippen LogP contribution < -0.4 is 10.1 Å². The summed E-state index contributed by atoms with van der Waals surface area (Å²) in [7, 11) is 1.29. The number of nitro benzene ring substituents is 1. The van der Waals surface area contributed by atoms with Gasteiger partial charge in [0.2, 0.25) is 0 Å². The van der Waals surface area contributed by atoms with Crippen molar-refractivity contribution in [1.82, 2.24) is 14.6 Å². The molecule has 9 heteroatoms. The van der Waals surface area contributed by atoms with Crippen molar-refractivity contribution in [2.24, 2.45) is 0 Å². The van der Waals surface area contributed by atoms with E-state index in [1.807, 2.05) is 0 Å². The van der Waals surface area contributed by atoms with E-state index in [2.05, 4.69) is 15.4 Å². The standard InChI is InChI=1S/C14H12FN5O3/c1-23-13-7-11(10(15)6-12(13)20(21)22)17-8-9-2-4-16-14-3-5-18-19(9)14/h2-7,17H,8H2,1H3. The first kappa shape index (κ1) is 14.7. The summed E-state index contributed by atoms with van der Waals surface area (Å²) < 4.78 is 20.6. The van der Waals surface area contributed by atoms with Crippen LogP contribution >= 0.6 is 0 Å². The SMILES string of the molecule is COc1cc(NCc2ccnc3ccnn23)c(F)cc1[N+](=O)[O-]. The molecule has 3 rings (SSSR count). The maximum absolute atomic E-state index is 14.0. The number of benzene rings is 1. The normalized spacial score (nSPS) is 10.7. The molecule has 0 saturated heterocycles. The molecule has 0 unspecified atom stereocenters. The van der Waals surface area contributed by atoms with Crippen molar-refractivity contribution in [2.45, 2.75) is 6.54 Å². The molecule has 3 aromatic rings. The van der Waals surface area contributed by atoms with Crippen molar-refractivity contribution in [3.05, 3.63) is 58.3 Å². The van der Waals surface area contributed by atoms with Gasteiger partial charge in [-0.3, -0.25) is 10.1 Å². The first-order valence-corrected chi connectivity index (χ1v) is 6.63. The second-order valence-corrected chi connectivity index (χ2v) is 4.65. The Labute approximate surface area is 129 Å². The lowest BCUT2D eigenvalue weighted by atomic mass is 10.2. The van der Waals surface area contributed by atoms with Gasteiger partial charge < -0.3 is 10.1 Å². The molecule has 0 aliphatic rings. The third-order valence-electron chi connectivity index (χ3n) is 3.29. The summed E-state index contributed by atoms with van der Waals surface area (Å²) in [6, 6.07) is 5.58. The smallest absolute Gasteiger partial charge is 0.313 e. The number of hydrogen-bond donors (Lipinski definition) is 1. The molecule has 23 heavy (non-hydrogen) atoms. The molecule has 118 valence electrons. The fourth-order valence-electron chi connectivity index (χ4n) is 2.19. The zero-order valence-corrected chi connectivity index (χ0v) is 12.1. The molecule has 0 fully saturated rings. The molecule has 0 radical (unpaired) electrons. The summed E-state index contributed by atoms with van der Waals surface area (Å²) in [4.78, 5) is 14.3. The topological polar surface area (TPSA) is 94.6 Å². The Bertz CT molecular complexity index is 880. The van der Waals surface area contributed by atoms with Crippen molar-refractivity contribution < 1.29 is 14.1 Å². The molecule has 2 heterocycles. The minimum Gasteiger partial charge on any atom is -0.490 e. The quantitative estimate of drug-likeness (QED) is 0.573. The van der Waals surface area contributed by atoms with Crippen LogP contribution in [0.25, 0.3) is 5.65 Å². The molecular weight excluding hydrogens is 305 g/mol. The average Bonchev–Trinajstić information content (AvgIpc) is 3.02. The summed E-state index contributed by atoms with van der Waals surface area (Å²) in [6.07, 6.45) is 3.24. The van der Waals surface area contributed by atoms with Crippen LogP contribution in [0.1, 0.15) is 5.69 Å².